The first-order valence-electron chi connectivity index (χ1n) is 6.38. The largest absolute Gasteiger partial charge is 0.396 e. The zero-order chi connectivity index (χ0) is 15.2. The first kappa shape index (κ1) is 16.1. The number of carbonyl (C=O) groups excluding carboxylic acids is 1. The lowest BCUT2D eigenvalue weighted by atomic mass is 9.90. The average molecular weight is 284 g/mol. The number of nitrogens with zero attached hydrogens (tertiary/aromatic N) is 3. The molecule has 0 unspecified atom stereocenters. The summed E-state index contributed by atoms with van der Waals surface area (Å²) in [6.45, 7) is 4.77. The maximum Gasteiger partial charge on any atom is 0.306 e. The van der Waals surface area contributed by atoms with Crippen molar-refractivity contribution in [1.29, 1.82) is 0 Å². The molecule has 1 aromatic rings. The van der Waals surface area contributed by atoms with Crippen molar-refractivity contribution in [2.24, 2.45) is 5.41 Å². The van der Waals surface area contributed by atoms with E-state index in [0.717, 1.165) is 6.20 Å². The Morgan fingerprint density at radius 3 is 2.85 bits per heavy atom. The second-order valence-corrected chi connectivity index (χ2v) is 5.38. The molecule has 0 saturated carbocycles. The van der Waals surface area contributed by atoms with Gasteiger partial charge in [-0.2, -0.15) is 5.10 Å². The molecule has 1 amide bonds. The van der Waals surface area contributed by atoms with Crippen LogP contribution in [0.25, 0.3) is 0 Å². The fraction of sp³-hybridized carbons (Fsp3) is 0.667. The van der Waals surface area contributed by atoms with Crippen molar-refractivity contribution in [3.63, 3.8) is 0 Å². The number of rotatable bonds is 8. The van der Waals surface area contributed by atoms with Crippen molar-refractivity contribution >= 4 is 11.6 Å². The van der Waals surface area contributed by atoms with Gasteiger partial charge in [0.05, 0.1) is 4.92 Å². The van der Waals surface area contributed by atoms with Gasteiger partial charge in [-0.15, -0.1) is 0 Å². The van der Waals surface area contributed by atoms with Gasteiger partial charge in [0, 0.05) is 26.1 Å². The molecule has 0 aliphatic heterocycles. The zero-order valence-electron chi connectivity index (χ0n) is 11.7. The Kier molecular flexibility index (Phi) is 5.63. The van der Waals surface area contributed by atoms with Crippen LogP contribution in [0.5, 0.6) is 0 Å². The van der Waals surface area contributed by atoms with Gasteiger partial charge in [0.2, 0.25) is 5.91 Å². The number of hydrogen-bond donors (Lipinski definition) is 2. The standard InChI is InChI=1S/C12H20N4O4/c1-12(2,4-6-17)9-13-11(18)3-5-15-8-10(7-14-15)16(19)20/h7-8,17H,3-6,9H2,1-2H3,(H,13,18). The minimum absolute atomic E-state index is 0.0832. The molecule has 20 heavy (non-hydrogen) atoms. The summed E-state index contributed by atoms with van der Waals surface area (Å²) >= 11 is 0. The van der Waals surface area contributed by atoms with E-state index in [1.54, 1.807) is 0 Å². The monoisotopic (exact) mass is 284 g/mol. The average Bonchev–Trinajstić information content (AvgIpc) is 2.83. The molecule has 0 saturated heterocycles. The molecular formula is C12H20N4O4. The lowest BCUT2D eigenvalue weighted by Crippen LogP contribution is -2.34. The van der Waals surface area contributed by atoms with Crippen LogP contribution in [-0.2, 0) is 11.3 Å². The summed E-state index contributed by atoms with van der Waals surface area (Å²) < 4.78 is 1.37. The van der Waals surface area contributed by atoms with E-state index in [1.165, 1.54) is 10.9 Å². The Hall–Kier alpha value is -1.96. The number of aliphatic hydroxyl groups is 1. The molecular weight excluding hydrogens is 264 g/mol. The smallest absolute Gasteiger partial charge is 0.306 e. The van der Waals surface area contributed by atoms with Crippen LogP contribution in [0.1, 0.15) is 26.7 Å². The highest BCUT2D eigenvalue weighted by Crippen LogP contribution is 2.17. The molecule has 8 heteroatoms. The zero-order valence-corrected chi connectivity index (χ0v) is 11.7. The fourth-order valence-electron chi connectivity index (χ4n) is 1.60. The predicted molar refractivity (Wildman–Crippen MR) is 72.0 cm³/mol. The van der Waals surface area contributed by atoms with Crippen molar-refractivity contribution in [3.05, 3.63) is 22.5 Å². The summed E-state index contributed by atoms with van der Waals surface area (Å²) in [6.07, 6.45) is 3.26. The maximum atomic E-state index is 11.7. The van der Waals surface area contributed by atoms with E-state index < -0.39 is 4.92 Å². The first-order valence-corrected chi connectivity index (χ1v) is 6.38. The third-order valence-electron chi connectivity index (χ3n) is 2.95. The lowest BCUT2D eigenvalue weighted by Gasteiger charge is -2.23. The number of carbonyl (C=O) groups is 1. The Balaban J connectivity index is 2.34. The third-order valence-corrected chi connectivity index (χ3v) is 2.95. The molecule has 1 heterocycles. The van der Waals surface area contributed by atoms with E-state index in [9.17, 15) is 14.9 Å². The third kappa shape index (κ3) is 5.35. The Bertz CT molecular complexity index is 470. The molecule has 0 fully saturated rings. The number of nitro groups is 1. The van der Waals surface area contributed by atoms with Gasteiger partial charge in [0.1, 0.15) is 12.4 Å². The van der Waals surface area contributed by atoms with Gasteiger partial charge < -0.3 is 10.4 Å². The highest BCUT2D eigenvalue weighted by molar-refractivity contribution is 5.75. The van der Waals surface area contributed by atoms with E-state index in [1.807, 2.05) is 13.8 Å². The number of amides is 1. The van der Waals surface area contributed by atoms with Crippen molar-refractivity contribution in [2.75, 3.05) is 13.2 Å². The van der Waals surface area contributed by atoms with Gasteiger partial charge in [-0.25, -0.2) is 0 Å². The molecule has 0 spiro atoms. The summed E-state index contributed by atoms with van der Waals surface area (Å²) in [7, 11) is 0. The quantitative estimate of drug-likeness (QED) is 0.539. The van der Waals surface area contributed by atoms with Gasteiger partial charge in [-0.3, -0.25) is 19.6 Å². The minimum Gasteiger partial charge on any atom is -0.396 e. The van der Waals surface area contributed by atoms with Crippen LogP contribution in [0.4, 0.5) is 5.69 Å². The Morgan fingerprint density at radius 1 is 1.60 bits per heavy atom. The van der Waals surface area contributed by atoms with Crippen LogP contribution in [0.3, 0.4) is 0 Å². The van der Waals surface area contributed by atoms with Crippen LogP contribution >= 0.6 is 0 Å². The van der Waals surface area contributed by atoms with Crippen LogP contribution < -0.4 is 5.32 Å². The van der Waals surface area contributed by atoms with E-state index in [4.69, 9.17) is 5.11 Å². The summed E-state index contributed by atoms with van der Waals surface area (Å²) in [4.78, 5) is 21.6. The highest BCUT2D eigenvalue weighted by atomic mass is 16.6. The van der Waals surface area contributed by atoms with Crippen LogP contribution in [0.2, 0.25) is 0 Å². The van der Waals surface area contributed by atoms with Gasteiger partial charge in [-0.1, -0.05) is 13.8 Å². The van der Waals surface area contributed by atoms with Crippen molar-refractivity contribution in [3.8, 4) is 0 Å². The van der Waals surface area contributed by atoms with E-state index >= 15 is 0 Å². The fourth-order valence-corrected chi connectivity index (χ4v) is 1.60. The normalized spacial score (nSPS) is 11.3. The number of hydrogen-bond acceptors (Lipinski definition) is 5. The maximum absolute atomic E-state index is 11.7. The van der Waals surface area contributed by atoms with E-state index in [2.05, 4.69) is 10.4 Å². The summed E-state index contributed by atoms with van der Waals surface area (Å²) in [5.41, 5.74) is -0.246. The van der Waals surface area contributed by atoms with Crippen molar-refractivity contribution in [2.45, 2.75) is 33.2 Å². The van der Waals surface area contributed by atoms with Crippen LogP contribution in [0, 0.1) is 15.5 Å². The number of aliphatic hydroxyl groups excluding tert-OH is 1. The lowest BCUT2D eigenvalue weighted by molar-refractivity contribution is -0.385. The molecule has 0 aliphatic carbocycles. The minimum atomic E-state index is -0.527. The molecule has 0 aromatic carbocycles. The molecule has 2 N–H and O–H groups in total. The van der Waals surface area contributed by atoms with Gasteiger partial charge >= 0.3 is 5.69 Å². The SMILES string of the molecule is CC(C)(CCO)CNC(=O)CCn1cc([N+](=O)[O-])cn1. The van der Waals surface area contributed by atoms with Crippen LogP contribution in [-0.4, -0.2) is 38.9 Å². The topological polar surface area (TPSA) is 110 Å². The number of aromatic nitrogens is 2. The van der Waals surface area contributed by atoms with Gasteiger partial charge in [0.25, 0.3) is 0 Å². The second-order valence-electron chi connectivity index (χ2n) is 5.38. The van der Waals surface area contributed by atoms with Crippen molar-refractivity contribution in [1.82, 2.24) is 15.1 Å². The Morgan fingerprint density at radius 2 is 2.30 bits per heavy atom. The molecule has 0 atom stereocenters. The second kappa shape index (κ2) is 6.99. The number of aryl methyl sites for hydroxylation is 1. The van der Waals surface area contributed by atoms with Gasteiger partial charge in [0.15, 0.2) is 0 Å². The van der Waals surface area contributed by atoms with Gasteiger partial charge in [-0.05, 0) is 11.8 Å². The van der Waals surface area contributed by atoms with Crippen LogP contribution in [0.15, 0.2) is 12.4 Å². The predicted octanol–water partition coefficient (Wildman–Crippen LogP) is 0.706. The van der Waals surface area contributed by atoms with Crippen molar-refractivity contribution < 1.29 is 14.8 Å². The molecule has 8 nitrogen and oxygen atoms in total. The molecule has 1 aromatic heterocycles. The number of nitrogens with one attached hydrogen (secondary N) is 1. The molecule has 0 aliphatic rings. The van der Waals surface area contributed by atoms with E-state index in [-0.39, 0.29) is 30.0 Å². The summed E-state index contributed by atoms with van der Waals surface area (Å²) in [5.74, 6) is -0.144. The molecule has 0 radical (unpaired) electrons. The summed E-state index contributed by atoms with van der Waals surface area (Å²) in [6, 6.07) is 0. The molecule has 1 rings (SSSR count). The Labute approximate surface area is 116 Å². The molecule has 0 bridgehead atoms. The van der Waals surface area contributed by atoms with E-state index in [0.29, 0.717) is 19.5 Å². The highest BCUT2D eigenvalue weighted by Gasteiger charge is 2.18. The first-order chi connectivity index (χ1) is 9.34. The molecule has 112 valence electrons. The summed E-state index contributed by atoms with van der Waals surface area (Å²) in [5, 5.41) is 26.0.